The Morgan fingerprint density at radius 2 is 1.63 bits per heavy atom. The van der Waals surface area contributed by atoms with Crippen LogP contribution in [0, 0.1) is 56.7 Å². The van der Waals surface area contributed by atoms with Crippen LogP contribution < -0.4 is 0 Å². The molecule has 0 aliphatic heterocycles. The van der Waals surface area contributed by atoms with Gasteiger partial charge in [0.2, 0.25) is 0 Å². The van der Waals surface area contributed by atoms with Crippen LogP contribution in [0.15, 0.2) is 11.6 Å². The van der Waals surface area contributed by atoms with Gasteiger partial charge < -0.3 is 20.1 Å². The summed E-state index contributed by atoms with van der Waals surface area (Å²) in [5.41, 5.74) is -0.946. The maximum Gasteiger partial charge on any atom is 0.310 e. The fourth-order valence-corrected chi connectivity index (χ4v) is 12.9. The number of hydrogen-bond donors (Lipinski definition) is 3. The average Bonchev–Trinajstić information content (AvgIpc) is 3.57. The predicted molar refractivity (Wildman–Crippen MR) is 166 cm³/mol. The van der Waals surface area contributed by atoms with Gasteiger partial charge in [0.05, 0.1) is 23.5 Å². The predicted octanol–water partition coefficient (Wildman–Crippen LogP) is 7.31. The maximum atomic E-state index is 13.7. The Morgan fingerprint density at radius 3 is 2.28 bits per heavy atom. The highest BCUT2D eigenvalue weighted by Crippen LogP contribution is 2.85. The number of ether oxygens (including phenoxy) is 1. The Balaban J connectivity index is 1.41. The largest absolute Gasteiger partial charge is 0.481 e. The summed E-state index contributed by atoms with van der Waals surface area (Å²) in [4.78, 5) is 27.1. The Hall–Kier alpha value is -1.40. The van der Waals surface area contributed by atoms with E-state index >= 15 is 0 Å². The maximum absolute atomic E-state index is 13.7. The van der Waals surface area contributed by atoms with Gasteiger partial charge in [0.15, 0.2) is 0 Å². The molecule has 43 heavy (non-hydrogen) atoms. The quantitative estimate of drug-likeness (QED) is 0.219. The van der Waals surface area contributed by atoms with Crippen LogP contribution >= 0.6 is 0 Å². The molecule has 6 rings (SSSR count). The number of rotatable bonds is 6. The minimum Gasteiger partial charge on any atom is -0.481 e. The normalized spacial score (nSPS) is 50.7. The molecule has 0 aromatic heterocycles. The van der Waals surface area contributed by atoms with Gasteiger partial charge in [0.1, 0.15) is 6.10 Å². The van der Waals surface area contributed by atoms with E-state index in [4.69, 9.17) is 4.74 Å². The molecule has 0 bridgehead atoms. The van der Waals surface area contributed by atoms with Crippen molar-refractivity contribution in [2.24, 2.45) is 56.7 Å². The van der Waals surface area contributed by atoms with E-state index in [0.29, 0.717) is 38.0 Å². The van der Waals surface area contributed by atoms with Gasteiger partial charge in [0.25, 0.3) is 0 Å². The highest BCUT2D eigenvalue weighted by molar-refractivity contribution is 5.81. The van der Waals surface area contributed by atoms with Crippen LogP contribution in [-0.4, -0.2) is 45.6 Å². The molecule has 6 aliphatic carbocycles. The monoisotopic (exact) mass is 598 g/mol. The van der Waals surface area contributed by atoms with E-state index in [1.165, 1.54) is 5.57 Å². The average molecular weight is 599 g/mol. The zero-order valence-corrected chi connectivity index (χ0v) is 27.7. The molecule has 0 radical (unpaired) electrons. The number of carboxylic acid groups (broad SMARTS) is 1. The third-order valence-electron chi connectivity index (χ3n) is 15.3. The van der Waals surface area contributed by atoms with Crippen molar-refractivity contribution in [3.8, 4) is 0 Å². The zero-order chi connectivity index (χ0) is 31.2. The highest BCUT2D eigenvalue weighted by Gasteiger charge is 2.86. The summed E-state index contributed by atoms with van der Waals surface area (Å²) in [6.07, 6.45) is 12.6. The second-order valence-corrected chi connectivity index (χ2v) is 17.2. The summed E-state index contributed by atoms with van der Waals surface area (Å²) in [7, 11) is 0. The summed E-state index contributed by atoms with van der Waals surface area (Å²) < 4.78 is 6.61. The topological polar surface area (TPSA) is 104 Å². The minimum absolute atomic E-state index is 0.0186. The lowest BCUT2D eigenvalue weighted by Gasteiger charge is -2.69. The van der Waals surface area contributed by atoms with Gasteiger partial charge in [0, 0.05) is 5.41 Å². The van der Waals surface area contributed by atoms with Crippen molar-refractivity contribution < 1.29 is 29.6 Å². The van der Waals surface area contributed by atoms with Crippen molar-refractivity contribution >= 4 is 11.9 Å². The molecule has 6 saturated carbocycles. The van der Waals surface area contributed by atoms with Crippen LogP contribution in [0.5, 0.6) is 0 Å². The van der Waals surface area contributed by atoms with E-state index in [2.05, 4.69) is 47.6 Å². The highest BCUT2D eigenvalue weighted by atomic mass is 16.5. The molecule has 6 heteroatoms. The van der Waals surface area contributed by atoms with E-state index in [1.807, 2.05) is 0 Å². The Kier molecular flexibility index (Phi) is 7.76. The van der Waals surface area contributed by atoms with Crippen LogP contribution in [0.1, 0.15) is 131 Å². The van der Waals surface area contributed by atoms with Crippen LogP contribution in [0.3, 0.4) is 0 Å². The number of carbonyl (C=O) groups is 2. The molecule has 1 spiro atoms. The lowest BCUT2D eigenvalue weighted by molar-refractivity contribution is -0.241. The number of carboxylic acids is 1. The molecule has 6 fully saturated rings. The Bertz CT molecular complexity index is 1150. The summed E-state index contributed by atoms with van der Waals surface area (Å²) in [6, 6.07) is 0. The van der Waals surface area contributed by atoms with Gasteiger partial charge in [-0.2, -0.15) is 0 Å². The van der Waals surface area contributed by atoms with Gasteiger partial charge in [-0.25, -0.2) is 0 Å². The number of aliphatic hydroxyl groups excluding tert-OH is 2. The molecule has 0 aromatic rings. The first-order valence-corrected chi connectivity index (χ1v) is 17.6. The second kappa shape index (κ2) is 10.6. The zero-order valence-electron chi connectivity index (χ0n) is 27.7. The van der Waals surface area contributed by atoms with Gasteiger partial charge in [-0.15, -0.1) is 0 Å². The van der Waals surface area contributed by atoms with Gasteiger partial charge in [-0.1, -0.05) is 58.6 Å². The van der Waals surface area contributed by atoms with Crippen LogP contribution in [0.25, 0.3) is 0 Å². The molecule has 6 aliphatic rings. The van der Waals surface area contributed by atoms with Crippen molar-refractivity contribution in [3.05, 3.63) is 11.6 Å². The van der Waals surface area contributed by atoms with Crippen LogP contribution in [-0.2, 0) is 14.3 Å². The number of aliphatic carboxylic acids is 1. The fourth-order valence-electron chi connectivity index (χ4n) is 12.9. The molecule has 0 amide bonds. The van der Waals surface area contributed by atoms with Crippen molar-refractivity contribution in [2.75, 3.05) is 0 Å². The lowest BCUT2D eigenvalue weighted by Crippen LogP contribution is -2.66. The minimum atomic E-state index is -0.938. The summed E-state index contributed by atoms with van der Waals surface area (Å²) in [6.45, 7) is 13.4. The number of esters is 1. The molecular formula is C37H58O6. The number of hydrogen-bond acceptors (Lipinski definition) is 5. The third-order valence-corrected chi connectivity index (χ3v) is 15.3. The number of allylic oxidation sites excluding steroid dienone is 2. The van der Waals surface area contributed by atoms with E-state index < -0.39 is 29.0 Å². The standard InChI is InChI=1S/C37H58O6/c1-22(2)11-10-16-36(32(41)42)21-37(36)28-19-27(39)30-33(4)17-15-26(38)23(3)25(33)14-18-34(30,5)35(28,6)20-29(37)43-31(40)24-12-8-7-9-13-24/h11,23-30,38-39H,7-10,12-21H2,1-6H3,(H,41,42)/t23-,25-,26+,27?,28+,29-,30?,33-,34-,35-,36+,37+/m0/s1. The Morgan fingerprint density at radius 1 is 0.930 bits per heavy atom. The number of aliphatic hydroxyl groups is 2. The Labute approximate surface area is 259 Å². The smallest absolute Gasteiger partial charge is 0.310 e. The van der Waals surface area contributed by atoms with Gasteiger partial charge >= 0.3 is 11.9 Å². The van der Waals surface area contributed by atoms with Crippen molar-refractivity contribution in [1.29, 1.82) is 0 Å². The SMILES string of the molecule is CC(C)=CCC[C@]1(C(=O)O)C[C@@]12[C@@H](OC(=O)C1CCCCC1)C[C@@]1(C)[C@H]2CC(O)C2[C@]1(C)CC[C@H]1[C@H](C)[C@H](O)CC[C@]21C. The summed E-state index contributed by atoms with van der Waals surface area (Å²) >= 11 is 0. The fraction of sp³-hybridized carbons (Fsp3) is 0.892. The molecule has 12 atom stereocenters. The van der Waals surface area contributed by atoms with Gasteiger partial charge in [-0.3, -0.25) is 9.59 Å². The summed E-state index contributed by atoms with van der Waals surface area (Å²) in [5.74, 6) is -0.331. The number of carbonyl (C=O) groups excluding carboxylic acids is 1. The molecule has 0 saturated heterocycles. The van der Waals surface area contributed by atoms with Crippen molar-refractivity contribution in [2.45, 2.75) is 150 Å². The molecule has 242 valence electrons. The van der Waals surface area contributed by atoms with Crippen molar-refractivity contribution in [1.82, 2.24) is 0 Å². The van der Waals surface area contributed by atoms with E-state index in [9.17, 15) is 24.9 Å². The molecule has 6 nitrogen and oxygen atoms in total. The van der Waals surface area contributed by atoms with Gasteiger partial charge in [-0.05, 0) is 124 Å². The van der Waals surface area contributed by atoms with Crippen LogP contribution in [0.2, 0.25) is 0 Å². The molecule has 2 unspecified atom stereocenters. The second-order valence-electron chi connectivity index (χ2n) is 17.2. The van der Waals surface area contributed by atoms with E-state index in [0.717, 1.165) is 57.8 Å². The molecular weight excluding hydrogens is 540 g/mol. The first-order valence-electron chi connectivity index (χ1n) is 17.6. The molecule has 0 heterocycles. The van der Waals surface area contributed by atoms with E-state index in [-0.39, 0.29) is 52.0 Å². The third kappa shape index (κ3) is 4.30. The first-order chi connectivity index (χ1) is 20.2. The molecule has 0 aromatic carbocycles. The van der Waals surface area contributed by atoms with E-state index in [1.54, 1.807) is 0 Å². The van der Waals surface area contributed by atoms with Crippen LogP contribution in [0.4, 0.5) is 0 Å². The van der Waals surface area contributed by atoms with Crippen molar-refractivity contribution in [3.63, 3.8) is 0 Å². The first kappa shape index (κ1) is 31.6. The lowest BCUT2D eigenvalue weighted by atomic mass is 9.36. The number of fused-ring (bicyclic) bond motifs is 6. The molecule has 3 N–H and O–H groups in total. The summed E-state index contributed by atoms with van der Waals surface area (Å²) in [5, 5.41) is 34.0.